The van der Waals surface area contributed by atoms with Crippen molar-refractivity contribution >= 4 is 17.3 Å². The van der Waals surface area contributed by atoms with Gasteiger partial charge in [0.05, 0.1) is 5.69 Å². The summed E-state index contributed by atoms with van der Waals surface area (Å²) in [7, 11) is 0. The molecule has 0 saturated carbocycles. The molecule has 0 atom stereocenters. The molecule has 0 bridgehead atoms. The number of amides is 1. The maximum atomic E-state index is 12.1. The summed E-state index contributed by atoms with van der Waals surface area (Å²) < 4.78 is 0. The number of phenols is 1. The van der Waals surface area contributed by atoms with Crippen molar-refractivity contribution in [3.8, 4) is 5.75 Å². The molecule has 0 aliphatic carbocycles. The van der Waals surface area contributed by atoms with E-state index in [0.29, 0.717) is 11.3 Å². The zero-order chi connectivity index (χ0) is 15.2. The highest BCUT2D eigenvalue weighted by Crippen LogP contribution is 2.23. The van der Waals surface area contributed by atoms with Gasteiger partial charge in [-0.2, -0.15) is 0 Å². The van der Waals surface area contributed by atoms with Crippen molar-refractivity contribution in [3.05, 3.63) is 53.6 Å². The first-order valence-electron chi connectivity index (χ1n) is 7.09. The van der Waals surface area contributed by atoms with Gasteiger partial charge in [-0.3, -0.25) is 4.79 Å². The molecule has 1 amide bonds. The molecule has 0 spiro atoms. The normalized spacial score (nSPS) is 10.3. The van der Waals surface area contributed by atoms with E-state index in [1.165, 1.54) is 17.7 Å². The van der Waals surface area contributed by atoms with E-state index in [2.05, 4.69) is 12.2 Å². The first-order valence-corrected chi connectivity index (χ1v) is 7.09. The lowest BCUT2D eigenvalue weighted by atomic mass is 10.1. The number of carbonyl (C=O) groups excluding carboxylic acids is 1. The van der Waals surface area contributed by atoms with Gasteiger partial charge < -0.3 is 16.2 Å². The molecule has 0 fully saturated rings. The number of benzene rings is 2. The van der Waals surface area contributed by atoms with Crippen LogP contribution in [0.15, 0.2) is 42.5 Å². The molecule has 4 heteroatoms. The van der Waals surface area contributed by atoms with Gasteiger partial charge in [0.1, 0.15) is 5.75 Å². The number of carbonyl (C=O) groups is 1. The van der Waals surface area contributed by atoms with Gasteiger partial charge in [-0.05, 0) is 48.7 Å². The van der Waals surface area contributed by atoms with Gasteiger partial charge in [0.2, 0.25) is 0 Å². The van der Waals surface area contributed by atoms with Crippen molar-refractivity contribution in [2.45, 2.75) is 26.2 Å². The van der Waals surface area contributed by atoms with Crippen molar-refractivity contribution in [1.82, 2.24) is 0 Å². The molecule has 4 nitrogen and oxygen atoms in total. The zero-order valence-corrected chi connectivity index (χ0v) is 12.1. The highest BCUT2D eigenvalue weighted by molar-refractivity contribution is 6.04. The van der Waals surface area contributed by atoms with Crippen LogP contribution in [0.2, 0.25) is 0 Å². The number of hydrogen-bond donors (Lipinski definition) is 3. The number of anilines is 2. The monoisotopic (exact) mass is 284 g/mol. The van der Waals surface area contributed by atoms with E-state index in [1.807, 2.05) is 24.3 Å². The van der Waals surface area contributed by atoms with Crippen LogP contribution in [0, 0.1) is 0 Å². The Balaban J connectivity index is 2.04. The lowest BCUT2D eigenvalue weighted by Gasteiger charge is -2.08. The third-order valence-electron chi connectivity index (χ3n) is 3.32. The highest BCUT2D eigenvalue weighted by atomic mass is 16.3. The Bertz CT molecular complexity index is 621. The molecule has 0 radical (unpaired) electrons. The Labute approximate surface area is 124 Å². The predicted molar refractivity (Wildman–Crippen MR) is 85.5 cm³/mol. The second-order valence-electron chi connectivity index (χ2n) is 5.03. The molecule has 110 valence electrons. The molecular weight excluding hydrogens is 264 g/mol. The van der Waals surface area contributed by atoms with Crippen molar-refractivity contribution in [3.63, 3.8) is 0 Å². The summed E-state index contributed by atoms with van der Waals surface area (Å²) in [4.78, 5) is 12.1. The van der Waals surface area contributed by atoms with Gasteiger partial charge in [-0.1, -0.05) is 25.5 Å². The van der Waals surface area contributed by atoms with E-state index in [9.17, 15) is 9.90 Å². The molecule has 2 aromatic carbocycles. The minimum Gasteiger partial charge on any atom is -0.506 e. The van der Waals surface area contributed by atoms with Crippen LogP contribution in [0.5, 0.6) is 5.75 Å². The predicted octanol–water partition coefficient (Wildman–Crippen LogP) is 3.57. The Hall–Kier alpha value is -2.49. The van der Waals surface area contributed by atoms with Crippen LogP contribution < -0.4 is 11.1 Å². The topological polar surface area (TPSA) is 75.3 Å². The molecule has 2 aromatic rings. The van der Waals surface area contributed by atoms with Gasteiger partial charge >= 0.3 is 0 Å². The molecule has 0 heterocycles. The number of aromatic hydroxyl groups is 1. The van der Waals surface area contributed by atoms with E-state index in [-0.39, 0.29) is 17.3 Å². The minimum absolute atomic E-state index is 0.00766. The summed E-state index contributed by atoms with van der Waals surface area (Å²) in [5, 5.41) is 12.1. The SMILES string of the molecule is CCCCc1ccc(C(=O)Nc2ccc(O)c(N)c2)cc1. The van der Waals surface area contributed by atoms with Crippen molar-refractivity contribution < 1.29 is 9.90 Å². The minimum atomic E-state index is -0.192. The fraction of sp³-hybridized carbons (Fsp3) is 0.235. The van der Waals surface area contributed by atoms with Crippen LogP contribution in [0.25, 0.3) is 0 Å². The van der Waals surface area contributed by atoms with E-state index >= 15 is 0 Å². The van der Waals surface area contributed by atoms with E-state index in [0.717, 1.165) is 19.3 Å². The standard InChI is InChI=1S/C17H20N2O2/c1-2-3-4-12-5-7-13(8-6-12)17(21)19-14-9-10-16(20)15(18)11-14/h5-11,20H,2-4,18H2,1H3,(H,19,21). The van der Waals surface area contributed by atoms with Crippen molar-refractivity contribution in [2.75, 3.05) is 11.1 Å². The number of nitrogens with two attached hydrogens (primary N) is 1. The number of unbranched alkanes of at least 4 members (excludes halogenated alkanes) is 1. The fourth-order valence-electron chi connectivity index (χ4n) is 2.04. The summed E-state index contributed by atoms with van der Waals surface area (Å²) in [6, 6.07) is 12.2. The maximum Gasteiger partial charge on any atom is 0.255 e. The summed E-state index contributed by atoms with van der Waals surface area (Å²) in [5.41, 5.74) is 8.24. The third kappa shape index (κ3) is 3.99. The molecule has 4 N–H and O–H groups in total. The second kappa shape index (κ2) is 6.79. The van der Waals surface area contributed by atoms with Crippen LogP contribution in [-0.4, -0.2) is 11.0 Å². The van der Waals surface area contributed by atoms with E-state index < -0.39 is 0 Å². The maximum absolute atomic E-state index is 12.1. The van der Waals surface area contributed by atoms with Crippen LogP contribution >= 0.6 is 0 Å². The van der Waals surface area contributed by atoms with Crippen LogP contribution in [0.4, 0.5) is 11.4 Å². The fourth-order valence-corrected chi connectivity index (χ4v) is 2.04. The Morgan fingerprint density at radius 2 is 1.90 bits per heavy atom. The van der Waals surface area contributed by atoms with Gasteiger partial charge in [0.15, 0.2) is 0 Å². The molecule has 21 heavy (non-hydrogen) atoms. The summed E-state index contributed by atoms with van der Waals surface area (Å²) in [5.74, 6) is -0.185. The lowest BCUT2D eigenvalue weighted by molar-refractivity contribution is 0.102. The first-order chi connectivity index (χ1) is 10.1. The highest BCUT2D eigenvalue weighted by Gasteiger charge is 2.07. The van der Waals surface area contributed by atoms with Crippen LogP contribution in [-0.2, 0) is 6.42 Å². The molecule has 0 aliphatic heterocycles. The Morgan fingerprint density at radius 1 is 1.19 bits per heavy atom. The lowest BCUT2D eigenvalue weighted by Crippen LogP contribution is -2.12. The smallest absolute Gasteiger partial charge is 0.255 e. The summed E-state index contributed by atoms with van der Waals surface area (Å²) in [6.45, 7) is 2.16. The number of aryl methyl sites for hydroxylation is 1. The third-order valence-corrected chi connectivity index (χ3v) is 3.32. The van der Waals surface area contributed by atoms with Crippen molar-refractivity contribution in [1.29, 1.82) is 0 Å². The Kier molecular flexibility index (Phi) is 4.82. The first kappa shape index (κ1) is 14.9. The molecule has 0 unspecified atom stereocenters. The molecule has 0 aliphatic rings. The van der Waals surface area contributed by atoms with Gasteiger partial charge in [0.25, 0.3) is 5.91 Å². The van der Waals surface area contributed by atoms with Gasteiger partial charge in [-0.15, -0.1) is 0 Å². The number of rotatable bonds is 5. The van der Waals surface area contributed by atoms with E-state index in [4.69, 9.17) is 5.73 Å². The number of phenolic OH excluding ortho intramolecular Hbond substituents is 1. The van der Waals surface area contributed by atoms with Crippen molar-refractivity contribution in [2.24, 2.45) is 0 Å². The molecule has 2 rings (SSSR count). The van der Waals surface area contributed by atoms with Crippen LogP contribution in [0.1, 0.15) is 35.7 Å². The van der Waals surface area contributed by atoms with E-state index in [1.54, 1.807) is 6.07 Å². The number of nitrogen functional groups attached to an aromatic ring is 1. The number of hydrogen-bond acceptors (Lipinski definition) is 3. The van der Waals surface area contributed by atoms with Gasteiger partial charge in [0, 0.05) is 11.3 Å². The largest absolute Gasteiger partial charge is 0.506 e. The Morgan fingerprint density at radius 3 is 2.52 bits per heavy atom. The summed E-state index contributed by atoms with van der Waals surface area (Å²) >= 11 is 0. The quantitative estimate of drug-likeness (QED) is 0.446. The average molecular weight is 284 g/mol. The second-order valence-corrected chi connectivity index (χ2v) is 5.03. The van der Waals surface area contributed by atoms with Crippen LogP contribution in [0.3, 0.4) is 0 Å². The average Bonchev–Trinajstić information content (AvgIpc) is 2.49. The number of nitrogens with one attached hydrogen (secondary N) is 1. The zero-order valence-electron chi connectivity index (χ0n) is 12.1. The molecular formula is C17H20N2O2. The molecule has 0 saturated heterocycles. The molecule has 0 aromatic heterocycles. The summed E-state index contributed by atoms with van der Waals surface area (Å²) in [6.07, 6.45) is 3.34. The van der Waals surface area contributed by atoms with Gasteiger partial charge in [-0.25, -0.2) is 0 Å².